The third kappa shape index (κ3) is 6.28. The summed E-state index contributed by atoms with van der Waals surface area (Å²) in [4.78, 5) is 0. The van der Waals surface area contributed by atoms with E-state index in [0.717, 1.165) is 6.42 Å². The number of halogens is 1. The molecule has 0 radical (unpaired) electrons. The lowest BCUT2D eigenvalue weighted by molar-refractivity contribution is 0.650. The largest absolute Gasteiger partial charge is 0.309 e. The van der Waals surface area contributed by atoms with Crippen LogP contribution in [0.15, 0.2) is 21.8 Å². The van der Waals surface area contributed by atoms with Gasteiger partial charge in [0, 0.05) is 6.21 Å². The number of hydrogen-bond donors (Lipinski definition) is 1. The Morgan fingerprint density at radius 1 is 1.55 bits per heavy atom. The Morgan fingerprint density at radius 2 is 2.18 bits per heavy atom. The van der Waals surface area contributed by atoms with Crippen molar-refractivity contribution in [2.24, 2.45) is 5.92 Å². The van der Waals surface area contributed by atoms with Gasteiger partial charge in [0.05, 0.1) is 0 Å². The SMILES string of the molecule is CC(C)CC(/C=C\I)=C/C=N. The minimum atomic E-state index is 0.661. The molecule has 0 fully saturated rings. The van der Waals surface area contributed by atoms with E-state index in [1.54, 1.807) is 0 Å². The van der Waals surface area contributed by atoms with Gasteiger partial charge in [-0.25, -0.2) is 0 Å². The number of hydrogen-bond acceptors (Lipinski definition) is 1. The van der Waals surface area contributed by atoms with Crippen molar-refractivity contribution in [3.8, 4) is 0 Å². The lowest BCUT2D eigenvalue weighted by atomic mass is 10.0. The first-order valence-electron chi connectivity index (χ1n) is 3.67. The number of allylic oxidation sites excluding steroid dienone is 3. The second-order valence-electron chi connectivity index (χ2n) is 2.80. The molecule has 0 saturated carbocycles. The van der Waals surface area contributed by atoms with Crippen molar-refractivity contribution in [2.75, 3.05) is 0 Å². The standard InChI is InChI=1S/C9H14IN/c1-8(2)7-9(3-5-10)4-6-11/h3-6,8,11H,7H2,1-2H3/b5-3-,9-4+,11-6?. The molecule has 0 rings (SSSR count). The Kier molecular flexibility index (Phi) is 6.51. The van der Waals surface area contributed by atoms with Gasteiger partial charge in [-0.15, -0.1) is 0 Å². The average molecular weight is 263 g/mol. The summed E-state index contributed by atoms with van der Waals surface area (Å²) < 4.78 is 1.98. The van der Waals surface area contributed by atoms with E-state index in [9.17, 15) is 0 Å². The van der Waals surface area contributed by atoms with E-state index in [0.29, 0.717) is 5.92 Å². The molecular weight excluding hydrogens is 249 g/mol. The molecule has 0 aliphatic rings. The fourth-order valence-electron chi connectivity index (χ4n) is 0.851. The van der Waals surface area contributed by atoms with Crippen LogP contribution in [0.25, 0.3) is 0 Å². The summed E-state index contributed by atoms with van der Waals surface area (Å²) in [7, 11) is 0. The first-order valence-corrected chi connectivity index (χ1v) is 4.91. The maximum atomic E-state index is 6.92. The molecule has 1 nitrogen and oxygen atoms in total. The summed E-state index contributed by atoms with van der Waals surface area (Å²) in [6.45, 7) is 4.36. The van der Waals surface area contributed by atoms with E-state index in [1.807, 2.05) is 16.2 Å². The highest BCUT2D eigenvalue weighted by atomic mass is 127. The molecule has 0 bridgehead atoms. The molecule has 62 valence electrons. The zero-order chi connectivity index (χ0) is 8.69. The van der Waals surface area contributed by atoms with Crippen LogP contribution in [-0.4, -0.2) is 6.21 Å². The molecular formula is C9H14IN. The van der Waals surface area contributed by atoms with Crippen molar-refractivity contribution >= 4 is 28.8 Å². The van der Waals surface area contributed by atoms with E-state index in [2.05, 4.69) is 36.4 Å². The predicted octanol–water partition coefficient (Wildman–Crippen LogP) is 3.56. The molecule has 0 amide bonds. The van der Waals surface area contributed by atoms with Gasteiger partial charge in [-0.3, -0.25) is 0 Å². The van der Waals surface area contributed by atoms with Gasteiger partial charge >= 0.3 is 0 Å². The van der Waals surface area contributed by atoms with Crippen molar-refractivity contribution < 1.29 is 0 Å². The summed E-state index contributed by atoms with van der Waals surface area (Å²) in [5.74, 6) is 0.661. The molecule has 0 saturated heterocycles. The lowest BCUT2D eigenvalue weighted by Gasteiger charge is -2.03. The van der Waals surface area contributed by atoms with E-state index >= 15 is 0 Å². The van der Waals surface area contributed by atoms with Gasteiger partial charge < -0.3 is 5.41 Å². The Balaban J connectivity index is 4.11. The molecule has 11 heavy (non-hydrogen) atoms. The van der Waals surface area contributed by atoms with Crippen LogP contribution in [0.3, 0.4) is 0 Å². The average Bonchev–Trinajstić information content (AvgIpc) is 1.87. The Bertz CT molecular complexity index is 168. The van der Waals surface area contributed by atoms with Crippen LogP contribution in [0.2, 0.25) is 0 Å². The molecule has 0 aliphatic carbocycles. The van der Waals surface area contributed by atoms with Crippen LogP contribution in [0.5, 0.6) is 0 Å². The Labute approximate surface area is 82.2 Å². The van der Waals surface area contributed by atoms with Crippen LogP contribution < -0.4 is 0 Å². The quantitative estimate of drug-likeness (QED) is 0.455. The fraction of sp³-hybridized carbons (Fsp3) is 0.444. The Hall–Kier alpha value is -0.120. The van der Waals surface area contributed by atoms with Crippen molar-refractivity contribution in [2.45, 2.75) is 20.3 Å². The second-order valence-corrected chi connectivity index (χ2v) is 3.52. The van der Waals surface area contributed by atoms with Crippen molar-refractivity contribution in [1.29, 1.82) is 5.41 Å². The van der Waals surface area contributed by atoms with Crippen LogP contribution in [0.1, 0.15) is 20.3 Å². The minimum absolute atomic E-state index is 0.661. The van der Waals surface area contributed by atoms with Gasteiger partial charge in [-0.05, 0) is 28.1 Å². The van der Waals surface area contributed by atoms with Crippen molar-refractivity contribution in [1.82, 2.24) is 0 Å². The van der Waals surface area contributed by atoms with Gasteiger partial charge in [0.15, 0.2) is 0 Å². The van der Waals surface area contributed by atoms with E-state index in [4.69, 9.17) is 5.41 Å². The molecule has 0 aliphatic heterocycles. The summed E-state index contributed by atoms with van der Waals surface area (Å²) in [6.07, 6.45) is 6.28. The highest BCUT2D eigenvalue weighted by molar-refractivity contribution is 14.1. The monoisotopic (exact) mass is 263 g/mol. The van der Waals surface area contributed by atoms with Crippen LogP contribution >= 0.6 is 22.6 Å². The van der Waals surface area contributed by atoms with Crippen LogP contribution in [0.4, 0.5) is 0 Å². The fourth-order valence-corrected chi connectivity index (χ4v) is 1.31. The zero-order valence-electron chi connectivity index (χ0n) is 6.97. The minimum Gasteiger partial charge on any atom is -0.309 e. The lowest BCUT2D eigenvalue weighted by Crippen LogP contribution is -1.89. The van der Waals surface area contributed by atoms with Gasteiger partial charge in [-0.2, -0.15) is 0 Å². The number of nitrogens with one attached hydrogen (secondary N) is 1. The zero-order valence-corrected chi connectivity index (χ0v) is 9.13. The van der Waals surface area contributed by atoms with Gasteiger partial charge in [-0.1, -0.05) is 42.5 Å². The molecule has 0 unspecified atom stereocenters. The van der Waals surface area contributed by atoms with Gasteiger partial charge in [0.1, 0.15) is 0 Å². The first kappa shape index (κ1) is 10.9. The first-order chi connectivity index (χ1) is 5.20. The molecule has 0 spiro atoms. The van der Waals surface area contributed by atoms with E-state index < -0.39 is 0 Å². The predicted molar refractivity (Wildman–Crippen MR) is 59.5 cm³/mol. The van der Waals surface area contributed by atoms with Crippen molar-refractivity contribution in [3.63, 3.8) is 0 Å². The van der Waals surface area contributed by atoms with Crippen LogP contribution in [0, 0.1) is 11.3 Å². The molecule has 0 heterocycles. The normalized spacial score (nSPS) is 12.9. The molecule has 1 N–H and O–H groups in total. The third-order valence-electron chi connectivity index (χ3n) is 1.22. The maximum Gasteiger partial charge on any atom is 0.0180 e. The summed E-state index contributed by atoms with van der Waals surface area (Å²) in [5.41, 5.74) is 1.23. The Morgan fingerprint density at radius 3 is 2.55 bits per heavy atom. The van der Waals surface area contributed by atoms with E-state index in [1.165, 1.54) is 11.8 Å². The highest BCUT2D eigenvalue weighted by Gasteiger charge is 1.95. The molecule has 2 heteroatoms. The molecule has 0 atom stereocenters. The second kappa shape index (κ2) is 6.58. The van der Waals surface area contributed by atoms with Gasteiger partial charge in [0.2, 0.25) is 0 Å². The highest BCUT2D eigenvalue weighted by Crippen LogP contribution is 2.11. The van der Waals surface area contributed by atoms with Crippen molar-refractivity contribution in [3.05, 3.63) is 21.8 Å². The molecule has 0 aromatic heterocycles. The maximum absolute atomic E-state index is 6.92. The van der Waals surface area contributed by atoms with E-state index in [-0.39, 0.29) is 0 Å². The summed E-state index contributed by atoms with van der Waals surface area (Å²) in [6, 6.07) is 0. The topological polar surface area (TPSA) is 23.9 Å². The summed E-state index contributed by atoms with van der Waals surface area (Å²) in [5, 5.41) is 6.92. The summed E-state index contributed by atoms with van der Waals surface area (Å²) >= 11 is 2.19. The molecule has 0 aromatic rings. The number of rotatable bonds is 4. The van der Waals surface area contributed by atoms with Crippen LogP contribution in [-0.2, 0) is 0 Å². The van der Waals surface area contributed by atoms with Gasteiger partial charge in [0.25, 0.3) is 0 Å². The third-order valence-corrected chi connectivity index (χ3v) is 1.58. The molecule has 0 aromatic carbocycles. The smallest absolute Gasteiger partial charge is 0.0180 e.